The van der Waals surface area contributed by atoms with Gasteiger partial charge in [0.15, 0.2) is 11.5 Å². The highest BCUT2D eigenvalue weighted by Gasteiger charge is 2.29. The fourth-order valence-corrected chi connectivity index (χ4v) is 5.81. The van der Waals surface area contributed by atoms with Crippen molar-refractivity contribution in [2.45, 2.75) is 31.8 Å². The van der Waals surface area contributed by atoms with E-state index in [0.29, 0.717) is 6.61 Å². The van der Waals surface area contributed by atoms with Crippen LogP contribution in [0.3, 0.4) is 0 Å². The molecule has 4 aromatic rings. The highest BCUT2D eigenvalue weighted by Crippen LogP contribution is 2.32. The maximum atomic E-state index is 6.51. The van der Waals surface area contributed by atoms with Gasteiger partial charge in [0.05, 0.1) is 12.4 Å². The zero-order valence-corrected chi connectivity index (χ0v) is 22.1. The predicted octanol–water partition coefficient (Wildman–Crippen LogP) is 3.76. The maximum Gasteiger partial charge on any atom is 0.162 e. The Morgan fingerprint density at radius 3 is 2.71 bits per heavy atom. The number of hydrogen-bond donors (Lipinski definition) is 1. The molecule has 0 unspecified atom stereocenters. The molecule has 4 heterocycles. The molecule has 2 aromatic carbocycles. The van der Waals surface area contributed by atoms with Gasteiger partial charge in [-0.25, -0.2) is 15.0 Å². The van der Waals surface area contributed by atoms with E-state index in [9.17, 15) is 0 Å². The summed E-state index contributed by atoms with van der Waals surface area (Å²) in [6.07, 6.45) is 8.53. The van der Waals surface area contributed by atoms with Crippen molar-refractivity contribution in [2.24, 2.45) is 4.99 Å². The van der Waals surface area contributed by atoms with E-state index in [1.165, 1.54) is 16.3 Å². The van der Waals surface area contributed by atoms with Crippen molar-refractivity contribution in [3.8, 4) is 5.75 Å². The first kappa shape index (κ1) is 24.8. The third kappa shape index (κ3) is 5.21. The lowest BCUT2D eigenvalue weighted by atomic mass is 10.0. The summed E-state index contributed by atoms with van der Waals surface area (Å²) < 4.78 is 6.51. The minimum absolute atomic E-state index is 0.253. The number of fused-ring (bicyclic) bond motifs is 2. The van der Waals surface area contributed by atoms with Gasteiger partial charge in [-0.3, -0.25) is 4.90 Å². The van der Waals surface area contributed by atoms with Gasteiger partial charge in [-0.05, 0) is 42.5 Å². The van der Waals surface area contributed by atoms with Crippen molar-refractivity contribution in [2.75, 3.05) is 57.8 Å². The lowest BCUT2D eigenvalue weighted by Crippen LogP contribution is -2.46. The van der Waals surface area contributed by atoms with Crippen LogP contribution in [0.25, 0.3) is 21.9 Å². The Balaban J connectivity index is 1.13. The van der Waals surface area contributed by atoms with Gasteiger partial charge in [-0.15, -0.1) is 0 Å². The molecule has 0 bridgehead atoms. The van der Waals surface area contributed by atoms with Crippen molar-refractivity contribution in [3.63, 3.8) is 0 Å². The second kappa shape index (κ2) is 11.4. The van der Waals surface area contributed by atoms with Gasteiger partial charge >= 0.3 is 0 Å². The first-order valence-electron chi connectivity index (χ1n) is 13.7. The number of nitrogens with one attached hydrogen (secondary N) is 1. The molecule has 2 saturated heterocycles. The Hall–Kier alpha value is -3.56. The van der Waals surface area contributed by atoms with Crippen LogP contribution in [0.2, 0.25) is 0 Å². The van der Waals surface area contributed by atoms with E-state index in [1.807, 2.05) is 13.3 Å². The number of nitrogens with zero attached hydrogens (tertiary/aromatic N) is 7. The van der Waals surface area contributed by atoms with Gasteiger partial charge in [0.25, 0.3) is 0 Å². The second-order valence-electron chi connectivity index (χ2n) is 10.2. The van der Waals surface area contributed by atoms with Crippen LogP contribution >= 0.6 is 0 Å². The Morgan fingerprint density at radius 1 is 1.00 bits per heavy atom. The Labute approximate surface area is 223 Å². The zero-order chi connectivity index (χ0) is 25.7. The summed E-state index contributed by atoms with van der Waals surface area (Å²) in [5.74, 6) is 1.84. The SMILES string of the molecule is C/N=C\CCN1CCN(Cc2ccc(OC[C@H]3CCCN3c3ncnc4[nH]cnc34)c3ccccc23)CC1. The third-order valence-corrected chi connectivity index (χ3v) is 7.87. The van der Waals surface area contributed by atoms with E-state index < -0.39 is 0 Å². The number of hydrogen-bond acceptors (Lipinski definition) is 8. The summed E-state index contributed by atoms with van der Waals surface area (Å²) in [6, 6.07) is 13.3. The van der Waals surface area contributed by atoms with Crippen molar-refractivity contribution in [1.82, 2.24) is 29.7 Å². The Bertz CT molecular complexity index is 1390. The van der Waals surface area contributed by atoms with E-state index in [0.717, 1.165) is 87.8 Å². The van der Waals surface area contributed by atoms with Crippen LogP contribution in [0.5, 0.6) is 5.75 Å². The number of piperazine rings is 1. The molecule has 0 aliphatic carbocycles. The van der Waals surface area contributed by atoms with Gasteiger partial charge in [0.2, 0.25) is 0 Å². The minimum atomic E-state index is 0.253. The first-order valence-corrected chi connectivity index (χ1v) is 13.7. The molecule has 1 atom stereocenters. The Morgan fingerprint density at radius 2 is 1.84 bits per heavy atom. The molecular formula is C29H36N8O. The van der Waals surface area contributed by atoms with E-state index in [2.05, 4.69) is 76.0 Å². The summed E-state index contributed by atoms with van der Waals surface area (Å²) in [5.41, 5.74) is 2.96. The fraction of sp³-hybridized carbons (Fsp3) is 0.448. The molecule has 2 fully saturated rings. The van der Waals surface area contributed by atoms with Gasteiger partial charge in [0, 0.05) is 58.2 Å². The number of H-pyrrole nitrogens is 1. The molecule has 38 heavy (non-hydrogen) atoms. The summed E-state index contributed by atoms with van der Waals surface area (Å²) >= 11 is 0. The number of benzene rings is 2. The molecule has 0 spiro atoms. The molecule has 2 aromatic heterocycles. The molecule has 2 aliphatic rings. The van der Waals surface area contributed by atoms with Gasteiger partial charge < -0.3 is 24.5 Å². The molecule has 0 saturated carbocycles. The lowest BCUT2D eigenvalue weighted by Gasteiger charge is -2.34. The van der Waals surface area contributed by atoms with E-state index >= 15 is 0 Å². The lowest BCUT2D eigenvalue weighted by molar-refractivity contribution is 0.130. The van der Waals surface area contributed by atoms with Crippen molar-refractivity contribution in [3.05, 3.63) is 54.6 Å². The quantitative estimate of drug-likeness (QED) is 0.342. The van der Waals surface area contributed by atoms with Gasteiger partial charge in [-0.1, -0.05) is 30.3 Å². The van der Waals surface area contributed by atoms with Crippen molar-refractivity contribution >= 4 is 34.0 Å². The number of anilines is 1. The van der Waals surface area contributed by atoms with E-state index in [-0.39, 0.29) is 6.04 Å². The highest BCUT2D eigenvalue weighted by atomic mass is 16.5. The van der Waals surface area contributed by atoms with Crippen molar-refractivity contribution < 1.29 is 4.74 Å². The number of rotatable bonds is 9. The smallest absolute Gasteiger partial charge is 0.162 e. The number of imidazole rings is 1. The van der Waals surface area contributed by atoms with Crippen LogP contribution in [-0.4, -0.2) is 94.9 Å². The molecule has 9 nitrogen and oxygen atoms in total. The fourth-order valence-electron chi connectivity index (χ4n) is 5.81. The van der Waals surface area contributed by atoms with E-state index in [4.69, 9.17) is 4.74 Å². The van der Waals surface area contributed by atoms with Crippen LogP contribution in [-0.2, 0) is 6.54 Å². The summed E-state index contributed by atoms with van der Waals surface area (Å²) in [4.78, 5) is 28.0. The highest BCUT2D eigenvalue weighted by molar-refractivity contribution is 5.91. The van der Waals surface area contributed by atoms with Crippen LogP contribution < -0.4 is 9.64 Å². The molecule has 2 aliphatic heterocycles. The molecule has 9 heteroatoms. The monoisotopic (exact) mass is 512 g/mol. The van der Waals surface area contributed by atoms with Crippen molar-refractivity contribution in [1.29, 1.82) is 0 Å². The topological polar surface area (TPSA) is 85.8 Å². The summed E-state index contributed by atoms with van der Waals surface area (Å²) in [6.45, 7) is 8.06. The van der Waals surface area contributed by atoms with Crippen LogP contribution in [0, 0.1) is 0 Å². The summed E-state index contributed by atoms with van der Waals surface area (Å²) in [7, 11) is 1.85. The van der Waals surface area contributed by atoms with E-state index in [1.54, 1.807) is 12.7 Å². The number of aromatic amines is 1. The molecule has 0 radical (unpaired) electrons. The average molecular weight is 513 g/mol. The maximum absolute atomic E-state index is 6.51. The molecule has 1 N–H and O–H groups in total. The standard InChI is InChI=1S/C29H36N8O/c1-30-11-5-12-35-14-16-36(17-15-35)18-22-9-10-26(25-8-3-2-7-24(22)25)38-19-23-6-4-13-37(23)29-27-28(32-20-31-27)33-21-34-29/h2-3,7-11,20-21,23H,4-6,12-19H2,1H3,(H,31,32,33,34)/b30-11-/t23-/m1/s1. The first-order chi connectivity index (χ1) is 18.8. The molecular weight excluding hydrogens is 476 g/mol. The third-order valence-electron chi connectivity index (χ3n) is 7.87. The number of aliphatic imine (C=N–C) groups is 1. The normalized spacial score (nSPS) is 19.3. The summed E-state index contributed by atoms with van der Waals surface area (Å²) in [5, 5.41) is 2.47. The Kier molecular flexibility index (Phi) is 7.46. The van der Waals surface area contributed by atoms with Crippen LogP contribution in [0.4, 0.5) is 5.82 Å². The van der Waals surface area contributed by atoms with Gasteiger partial charge in [-0.2, -0.15) is 0 Å². The van der Waals surface area contributed by atoms with Crippen LogP contribution in [0.1, 0.15) is 24.8 Å². The largest absolute Gasteiger partial charge is 0.491 e. The number of ether oxygens (including phenoxy) is 1. The number of aromatic nitrogens is 4. The molecule has 6 rings (SSSR count). The second-order valence-corrected chi connectivity index (χ2v) is 10.2. The minimum Gasteiger partial charge on any atom is -0.491 e. The molecule has 198 valence electrons. The zero-order valence-electron chi connectivity index (χ0n) is 22.1. The predicted molar refractivity (Wildman–Crippen MR) is 152 cm³/mol. The van der Waals surface area contributed by atoms with Crippen LogP contribution in [0.15, 0.2) is 54.0 Å². The average Bonchev–Trinajstić information content (AvgIpc) is 3.63. The van der Waals surface area contributed by atoms with Gasteiger partial charge in [0.1, 0.15) is 24.2 Å². The molecule has 0 amide bonds.